The largest absolute Gasteiger partial charge is 0.361 e. The van der Waals surface area contributed by atoms with Gasteiger partial charge in [0.1, 0.15) is 6.20 Å². The van der Waals surface area contributed by atoms with Gasteiger partial charge in [-0.2, -0.15) is 0 Å². The monoisotopic (exact) mass is 241 g/mol. The first-order chi connectivity index (χ1) is 7.65. The number of nitrogens with one attached hydrogen (secondary N) is 1. The normalized spacial score (nSPS) is 17.8. The highest BCUT2D eigenvalue weighted by molar-refractivity contribution is 7.18. The molecule has 0 bridgehead atoms. The van der Waals surface area contributed by atoms with Gasteiger partial charge in [0.2, 0.25) is 0 Å². The van der Waals surface area contributed by atoms with Gasteiger partial charge in [0, 0.05) is 6.54 Å². The third-order valence-electron chi connectivity index (χ3n) is 3.45. The summed E-state index contributed by atoms with van der Waals surface area (Å²) in [6.07, 6.45) is 6.28. The summed E-state index contributed by atoms with van der Waals surface area (Å²) in [6.45, 7) is 3.08. The predicted molar refractivity (Wildman–Crippen MR) is 63.8 cm³/mol. The third-order valence-corrected chi connectivity index (χ3v) is 4.36. The number of nitrogens with zero attached hydrogens (tertiary/aromatic N) is 2. The summed E-state index contributed by atoms with van der Waals surface area (Å²) in [5.74, 6) is 0. The molecule has 0 saturated heterocycles. The van der Waals surface area contributed by atoms with Gasteiger partial charge in [-0.1, -0.05) is 13.3 Å². The summed E-state index contributed by atoms with van der Waals surface area (Å²) in [7, 11) is 0. The van der Waals surface area contributed by atoms with E-state index in [-0.39, 0.29) is 5.00 Å². The number of nitro groups is 1. The Morgan fingerprint density at radius 2 is 2.44 bits per heavy atom. The second kappa shape index (κ2) is 4.37. The number of hydrogen-bond donors (Lipinski definition) is 1. The van der Waals surface area contributed by atoms with Crippen LogP contribution >= 0.6 is 11.3 Å². The van der Waals surface area contributed by atoms with E-state index in [1.165, 1.54) is 25.5 Å². The van der Waals surface area contributed by atoms with Gasteiger partial charge >= 0.3 is 5.00 Å². The van der Waals surface area contributed by atoms with E-state index in [1.807, 2.05) is 0 Å². The van der Waals surface area contributed by atoms with Crippen molar-refractivity contribution in [2.75, 3.05) is 11.9 Å². The lowest BCUT2D eigenvalue weighted by Crippen LogP contribution is -2.35. The minimum Gasteiger partial charge on any atom is -0.361 e. The highest BCUT2D eigenvalue weighted by atomic mass is 32.1. The summed E-state index contributed by atoms with van der Waals surface area (Å²) in [4.78, 5) is 14.1. The van der Waals surface area contributed by atoms with Crippen molar-refractivity contribution in [2.24, 2.45) is 5.41 Å². The second-order valence-electron chi connectivity index (χ2n) is 4.32. The molecule has 1 aromatic rings. The molecule has 88 valence electrons. The molecule has 2 rings (SSSR count). The van der Waals surface area contributed by atoms with Crippen LogP contribution in [0.5, 0.6) is 0 Å². The minimum absolute atomic E-state index is 0.0988. The van der Waals surface area contributed by atoms with Crippen LogP contribution in [0.2, 0.25) is 0 Å². The Hall–Kier alpha value is -1.17. The average Bonchev–Trinajstić information content (AvgIpc) is 2.65. The van der Waals surface area contributed by atoms with E-state index in [0.717, 1.165) is 24.3 Å². The van der Waals surface area contributed by atoms with Gasteiger partial charge in [-0.15, -0.1) is 0 Å². The van der Waals surface area contributed by atoms with Gasteiger partial charge in [-0.3, -0.25) is 10.1 Å². The molecule has 1 aliphatic rings. The highest BCUT2D eigenvalue weighted by Crippen LogP contribution is 2.43. The SMILES string of the molecule is CCC1(CNc2ncc([N+](=O)[O-])s2)CCC1. The standard InChI is InChI=1S/C10H15N3O2S/c1-2-10(4-3-5-10)7-12-9-11-6-8(16-9)13(14)15/h6H,2-5,7H2,1H3,(H,11,12). The molecule has 1 N–H and O–H groups in total. The molecule has 1 saturated carbocycles. The zero-order valence-electron chi connectivity index (χ0n) is 9.23. The summed E-state index contributed by atoms with van der Waals surface area (Å²) in [6, 6.07) is 0. The zero-order chi connectivity index (χ0) is 11.6. The summed E-state index contributed by atoms with van der Waals surface area (Å²) < 4.78 is 0. The molecule has 0 aliphatic heterocycles. The zero-order valence-corrected chi connectivity index (χ0v) is 10.0. The van der Waals surface area contributed by atoms with Gasteiger partial charge < -0.3 is 5.32 Å². The van der Waals surface area contributed by atoms with Crippen LogP contribution < -0.4 is 5.32 Å². The average molecular weight is 241 g/mol. The van der Waals surface area contributed by atoms with Crippen LogP contribution in [0.3, 0.4) is 0 Å². The summed E-state index contributed by atoms with van der Waals surface area (Å²) in [5.41, 5.74) is 0.403. The fourth-order valence-corrected chi connectivity index (χ4v) is 2.65. The van der Waals surface area contributed by atoms with E-state index in [9.17, 15) is 10.1 Å². The third kappa shape index (κ3) is 2.16. The van der Waals surface area contributed by atoms with Crippen molar-refractivity contribution < 1.29 is 4.92 Å². The molecular formula is C10H15N3O2S. The van der Waals surface area contributed by atoms with Gasteiger partial charge in [-0.05, 0) is 36.0 Å². The first kappa shape index (κ1) is 11.3. The van der Waals surface area contributed by atoms with Crippen molar-refractivity contribution >= 4 is 21.5 Å². The Balaban J connectivity index is 1.91. The van der Waals surface area contributed by atoms with E-state index >= 15 is 0 Å². The van der Waals surface area contributed by atoms with E-state index in [2.05, 4.69) is 17.2 Å². The summed E-state index contributed by atoms with van der Waals surface area (Å²) in [5, 5.41) is 14.5. The molecule has 1 heterocycles. The van der Waals surface area contributed by atoms with Crippen molar-refractivity contribution in [2.45, 2.75) is 32.6 Å². The van der Waals surface area contributed by atoms with Crippen molar-refractivity contribution in [1.29, 1.82) is 0 Å². The van der Waals surface area contributed by atoms with Crippen LogP contribution in [0, 0.1) is 15.5 Å². The Labute approximate surface area is 98.0 Å². The quantitative estimate of drug-likeness (QED) is 0.635. The minimum atomic E-state index is -0.401. The van der Waals surface area contributed by atoms with Crippen molar-refractivity contribution in [3.8, 4) is 0 Å². The molecular weight excluding hydrogens is 226 g/mol. The maximum absolute atomic E-state index is 10.5. The fraction of sp³-hybridized carbons (Fsp3) is 0.700. The van der Waals surface area contributed by atoms with E-state index in [1.54, 1.807) is 0 Å². The Kier molecular flexibility index (Phi) is 3.09. The molecule has 16 heavy (non-hydrogen) atoms. The Bertz CT molecular complexity index is 382. The van der Waals surface area contributed by atoms with Crippen LogP contribution in [-0.4, -0.2) is 16.5 Å². The molecule has 0 spiro atoms. The molecule has 1 aromatic heterocycles. The van der Waals surface area contributed by atoms with Gasteiger partial charge in [0.05, 0.1) is 4.92 Å². The molecule has 1 aliphatic carbocycles. The van der Waals surface area contributed by atoms with Crippen LogP contribution in [0.4, 0.5) is 10.1 Å². The number of rotatable bonds is 5. The number of hydrogen-bond acceptors (Lipinski definition) is 5. The molecule has 5 nitrogen and oxygen atoms in total. The highest BCUT2D eigenvalue weighted by Gasteiger charge is 2.34. The number of anilines is 1. The molecule has 6 heteroatoms. The topological polar surface area (TPSA) is 68.1 Å². The smallest absolute Gasteiger partial charge is 0.345 e. The first-order valence-electron chi connectivity index (χ1n) is 5.49. The van der Waals surface area contributed by atoms with Crippen molar-refractivity contribution in [3.05, 3.63) is 16.3 Å². The van der Waals surface area contributed by atoms with E-state index in [0.29, 0.717) is 10.5 Å². The lowest BCUT2D eigenvalue weighted by Gasteiger charge is -2.41. The van der Waals surface area contributed by atoms with Crippen LogP contribution in [0.15, 0.2) is 6.20 Å². The van der Waals surface area contributed by atoms with Gasteiger partial charge in [0.15, 0.2) is 5.13 Å². The summed E-state index contributed by atoms with van der Waals surface area (Å²) >= 11 is 1.11. The van der Waals surface area contributed by atoms with Crippen molar-refractivity contribution in [3.63, 3.8) is 0 Å². The molecule has 0 unspecified atom stereocenters. The van der Waals surface area contributed by atoms with Gasteiger partial charge in [-0.25, -0.2) is 4.98 Å². The molecule has 0 aromatic carbocycles. The van der Waals surface area contributed by atoms with Crippen LogP contribution in [0.1, 0.15) is 32.6 Å². The molecule has 0 radical (unpaired) electrons. The molecule has 0 atom stereocenters. The Morgan fingerprint density at radius 1 is 1.69 bits per heavy atom. The van der Waals surface area contributed by atoms with Gasteiger partial charge in [0.25, 0.3) is 0 Å². The maximum Gasteiger partial charge on any atom is 0.345 e. The number of aromatic nitrogens is 1. The first-order valence-corrected chi connectivity index (χ1v) is 6.31. The van der Waals surface area contributed by atoms with Crippen LogP contribution in [-0.2, 0) is 0 Å². The molecule has 0 amide bonds. The second-order valence-corrected chi connectivity index (χ2v) is 5.33. The fourth-order valence-electron chi connectivity index (χ4n) is 2.03. The van der Waals surface area contributed by atoms with Crippen molar-refractivity contribution in [1.82, 2.24) is 4.98 Å². The van der Waals surface area contributed by atoms with E-state index < -0.39 is 4.92 Å². The number of thiazole rings is 1. The maximum atomic E-state index is 10.5. The predicted octanol–water partition coefficient (Wildman–Crippen LogP) is 3.04. The lowest BCUT2D eigenvalue weighted by atomic mass is 9.67. The Morgan fingerprint density at radius 3 is 2.88 bits per heavy atom. The molecule has 1 fully saturated rings. The van der Waals surface area contributed by atoms with Crippen LogP contribution in [0.25, 0.3) is 0 Å². The lowest BCUT2D eigenvalue weighted by molar-refractivity contribution is -0.380. The van der Waals surface area contributed by atoms with E-state index in [4.69, 9.17) is 0 Å².